The molecule has 0 atom stereocenters. The zero-order valence-corrected chi connectivity index (χ0v) is 11.0. The van der Waals surface area contributed by atoms with E-state index in [-0.39, 0.29) is 11.3 Å². The molecule has 0 fully saturated rings. The van der Waals surface area contributed by atoms with E-state index in [0.717, 1.165) is 10.2 Å². The van der Waals surface area contributed by atoms with Gasteiger partial charge in [0, 0.05) is 5.75 Å². The minimum absolute atomic E-state index is 0.254. The van der Waals surface area contributed by atoms with Crippen LogP contribution in [0.25, 0.3) is 0 Å². The van der Waals surface area contributed by atoms with Crippen LogP contribution in [0.2, 0.25) is 0 Å². The minimum Gasteiger partial charge on any atom is -0.334 e. The molecule has 0 radical (unpaired) electrons. The van der Waals surface area contributed by atoms with Crippen LogP contribution in [0.15, 0.2) is 34.2 Å². The molecule has 0 saturated heterocycles. The van der Waals surface area contributed by atoms with E-state index in [0.29, 0.717) is 16.5 Å². The quantitative estimate of drug-likeness (QED) is 0.657. The van der Waals surface area contributed by atoms with Crippen molar-refractivity contribution >= 4 is 11.8 Å². The topological polar surface area (TPSA) is 97.6 Å². The van der Waals surface area contributed by atoms with Crippen molar-refractivity contribution in [3.63, 3.8) is 0 Å². The Morgan fingerprint density at radius 2 is 2.16 bits per heavy atom. The third kappa shape index (κ3) is 2.74. The first-order chi connectivity index (χ1) is 9.13. The van der Waals surface area contributed by atoms with E-state index < -0.39 is 0 Å². The lowest BCUT2D eigenvalue weighted by molar-refractivity contribution is 0.681. The summed E-state index contributed by atoms with van der Waals surface area (Å²) in [4.78, 5) is 11.6. The lowest BCUT2D eigenvalue weighted by Gasteiger charge is -2.06. The summed E-state index contributed by atoms with van der Waals surface area (Å²) in [7, 11) is 0. The van der Waals surface area contributed by atoms with E-state index in [9.17, 15) is 4.79 Å². The van der Waals surface area contributed by atoms with E-state index >= 15 is 0 Å². The van der Waals surface area contributed by atoms with Crippen molar-refractivity contribution in [3.05, 3.63) is 51.4 Å². The highest BCUT2D eigenvalue weighted by molar-refractivity contribution is 7.98. The summed E-state index contributed by atoms with van der Waals surface area (Å²) in [5.41, 5.74) is 1.35. The summed E-state index contributed by atoms with van der Waals surface area (Å²) >= 11 is 1.27. The lowest BCUT2D eigenvalue weighted by Crippen LogP contribution is -2.32. The molecular formula is C12H11N5OS. The smallest absolute Gasteiger partial charge is 0.294 e. The molecule has 1 aromatic carbocycles. The van der Waals surface area contributed by atoms with Crippen LogP contribution in [0.3, 0.4) is 0 Å². The number of rotatable bonds is 3. The van der Waals surface area contributed by atoms with Crippen LogP contribution in [0, 0.1) is 18.3 Å². The first-order valence-electron chi connectivity index (χ1n) is 5.45. The van der Waals surface area contributed by atoms with Gasteiger partial charge in [0.25, 0.3) is 5.56 Å². The zero-order valence-electron chi connectivity index (χ0n) is 10.2. The van der Waals surface area contributed by atoms with Crippen molar-refractivity contribution < 1.29 is 0 Å². The predicted octanol–water partition coefficient (Wildman–Crippen LogP) is 0.825. The van der Waals surface area contributed by atoms with Gasteiger partial charge in [-0.3, -0.25) is 4.79 Å². The number of hydrogen-bond acceptors (Lipinski definition) is 6. The second-order valence-corrected chi connectivity index (χ2v) is 4.74. The van der Waals surface area contributed by atoms with E-state index in [1.54, 1.807) is 19.1 Å². The van der Waals surface area contributed by atoms with Gasteiger partial charge in [-0.15, -0.1) is 10.2 Å². The molecule has 96 valence electrons. The summed E-state index contributed by atoms with van der Waals surface area (Å²) < 4.78 is 0.974. The SMILES string of the molecule is Cc1nnc(SCc2ccccc2C#N)n(N)c1=O. The Bertz CT molecular complexity index is 704. The van der Waals surface area contributed by atoms with E-state index in [1.807, 2.05) is 12.1 Å². The van der Waals surface area contributed by atoms with Crippen LogP contribution in [-0.4, -0.2) is 14.9 Å². The number of benzene rings is 1. The van der Waals surface area contributed by atoms with Crippen LogP contribution in [-0.2, 0) is 5.75 Å². The van der Waals surface area contributed by atoms with Crippen molar-refractivity contribution in [1.82, 2.24) is 14.9 Å². The molecule has 0 amide bonds. The molecule has 6 nitrogen and oxygen atoms in total. The van der Waals surface area contributed by atoms with Crippen LogP contribution in [0.1, 0.15) is 16.8 Å². The Kier molecular flexibility index (Phi) is 3.82. The molecule has 1 aromatic heterocycles. The summed E-state index contributed by atoms with van der Waals surface area (Å²) in [6.07, 6.45) is 0. The highest BCUT2D eigenvalue weighted by Gasteiger charge is 2.09. The molecule has 0 aliphatic heterocycles. The van der Waals surface area contributed by atoms with Gasteiger partial charge >= 0.3 is 0 Å². The molecule has 0 aliphatic carbocycles. The molecule has 0 unspecified atom stereocenters. The molecule has 0 saturated carbocycles. The van der Waals surface area contributed by atoms with Crippen molar-refractivity contribution in [2.45, 2.75) is 17.8 Å². The number of aryl methyl sites for hydroxylation is 1. The Balaban J connectivity index is 2.22. The summed E-state index contributed by atoms with van der Waals surface area (Å²) in [5, 5.41) is 16.9. The normalized spacial score (nSPS) is 10.1. The molecule has 0 aliphatic rings. The van der Waals surface area contributed by atoms with Crippen LogP contribution in [0.4, 0.5) is 0 Å². The number of aromatic nitrogens is 3. The highest BCUT2D eigenvalue weighted by Crippen LogP contribution is 2.20. The third-order valence-corrected chi connectivity index (χ3v) is 3.51. The van der Waals surface area contributed by atoms with E-state index in [2.05, 4.69) is 16.3 Å². The molecule has 2 N–H and O–H groups in total. The first-order valence-corrected chi connectivity index (χ1v) is 6.44. The maximum absolute atomic E-state index is 11.6. The van der Waals surface area contributed by atoms with Gasteiger partial charge in [-0.2, -0.15) is 9.94 Å². The largest absolute Gasteiger partial charge is 0.334 e. The second-order valence-electron chi connectivity index (χ2n) is 3.80. The number of nitrogens with zero attached hydrogens (tertiary/aromatic N) is 4. The first kappa shape index (κ1) is 13.1. The molecule has 1 heterocycles. The monoisotopic (exact) mass is 273 g/mol. The summed E-state index contributed by atoms with van der Waals surface area (Å²) in [6, 6.07) is 9.37. The number of nitrogens with two attached hydrogens (primary N) is 1. The van der Waals surface area contributed by atoms with Crippen molar-refractivity contribution in [2.75, 3.05) is 5.84 Å². The van der Waals surface area contributed by atoms with Crippen LogP contribution < -0.4 is 11.4 Å². The van der Waals surface area contributed by atoms with Crippen LogP contribution in [0.5, 0.6) is 0 Å². The number of nitriles is 1. The predicted molar refractivity (Wildman–Crippen MR) is 71.9 cm³/mol. The lowest BCUT2D eigenvalue weighted by atomic mass is 10.1. The molecule has 0 spiro atoms. The third-order valence-electron chi connectivity index (χ3n) is 2.51. The molecule has 0 bridgehead atoms. The molecule has 2 aromatic rings. The van der Waals surface area contributed by atoms with Crippen LogP contribution >= 0.6 is 11.8 Å². The van der Waals surface area contributed by atoms with Crippen molar-refractivity contribution in [3.8, 4) is 6.07 Å². The Labute approximate surface area is 113 Å². The molecular weight excluding hydrogens is 262 g/mol. The summed E-state index contributed by atoms with van der Waals surface area (Å²) in [5.74, 6) is 6.13. The maximum Gasteiger partial charge on any atom is 0.294 e. The van der Waals surface area contributed by atoms with Gasteiger partial charge in [0.15, 0.2) is 0 Å². The number of thioether (sulfide) groups is 1. The van der Waals surface area contributed by atoms with Gasteiger partial charge in [-0.05, 0) is 18.6 Å². The van der Waals surface area contributed by atoms with Crippen molar-refractivity contribution in [2.24, 2.45) is 0 Å². The average Bonchev–Trinajstić information content (AvgIpc) is 2.44. The minimum atomic E-state index is -0.369. The fraction of sp³-hybridized carbons (Fsp3) is 0.167. The van der Waals surface area contributed by atoms with Crippen molar-refractivity contribution in [1.29, 1.82) is 5.26 Å². The zero-order chi connectivity index (χ0) is 13.8. The highest BCUT2D eigenvalue weighted by atomic mass is 32.2. The van der Waals surface area contributed by atoms with Gasteiger partial charge in [0.1, 0.15) is 5.69 Å². The fourth-order valence-electron chi connectivity index (χ4n) is 1.47. The van der Waals surface area contributed by atoms with E-state index in [1.165, 1.54) is 11.8 Å². The van der Waals surface area contributed by atoms with Gasteiger partial charge < -0.3 is 5.84 Å². The standard InChI is InChI=1S/C12H11N5OS/c1-8-11(18)17(14)12(16-15-8)19-7-10-5-3-2-4-9(10)6-13/h2-5H,7,14H2,1H3. The Morgan fingerprint density at radius 1 is 1.42 bits per heavy atom. The van der Waals surface area contributed by atoms with Gasteiger partial charge in [-0.1, -0.05) is 30.0 Å². The van der Waals surface area contributed by atoms with Gasteiger partial charge in [0.2, 0.25) is 5.16 Å². The Hall–Kier alpha value is -2.33. The molecule has 19 heavy (non-hydrogen) atoms. The van der Waals surface area contributed by atoms with Gasteiger partial charge in [-0.25, -0.2) is 0 Å². The Morgan fingerprint density at radius 3 is 2.89 bits per heavy atom. The fourth-order valence-corrected chi connectivity index (χ4v) is 2.32. The summed E-state index contributed by atoms with van der Waals surface area (Å²) in [6.45, 7) is 1.55. The average molecular weight is 273 g/mol. The maximum atomic E-state index is 11.6. The molecule has 7 heteroatoms. The number of nitrogen functional groups attached to an aromatic ring is 1. The second kappa shape index (κ2) is 5.54. The number of hydrogen-bond donors (Lipinski definition) is 1. The van der Waals surface area contributed by atoms with Gasteiger partial charge in [0.05, 0.1) is 11.6 Å². The van der Waals surface area contributed by atoms with E-state index in [4.69, 9.17) is 11.1 Å². The molecule has 2 rings (SSSR count).